The zero-order valence-corrected chi connectivity index (χ0v) is 16.8. The average molecular weight is 412 g/mol. The Bertz CT molecular complexity index is 1080. The number of hydrogen-bond acceptors (Lipinski definition) is 5. The van der Waals surface area contributed by atoms with Crippen LogP contribution >= 0.6 is 11.6 Å². The van der Waals surface area contributed by atoms with Crippen LogP contribution in [0, 0.1) is 5.82 Å². The number of amidine groups is 1. The third-order valence-corrected chi connectivity index (χ3v) is 5.26. The number of anilines is 1. The molecule has 29 heavy (non-hydrogen) atoms. The number of hydrogen-bond donors (Lipinski definition) is 0. The van der Waals surface area contributed by atoms with Crippen LogP contribution < -0.4 is 4.90 Å². The summed E-state index contributed by atoms with van der Waals surface area (Å²) in [6.45, 7) is 1.90. The van der Waals surface area contributed by atoms with Gasteiger partial charge in [0.25, 0.3) is 0 Å². The van der Waals surface area contributed by atoms with Crippen LogP contribution in [0.4, 0.5) is 10.1 Å². The zero-order chi connectivity index (χ0) is 20.5. The van der Waals surface area contributed by atoms with Crippen molar-refractivity contribution < 1.29 is 13.9 Å². The minimum atomic E-state index is -0.356. The van der Waals surface area contributed by atoms with E-state index in [0.717, 1.165) is 22.8 Å². The third kappa shape index (κ3) is 3.56. The Balaban J connectivity index is 1.83. The Kier molecular flexibility index (Phi) is 5.20. The lowest BCUT2D eigenvalue weighted by Gasteiger charge is -2.23. The maximum absolute atomic E-state index is 14.6. The molecular formula is C22H19ClFN3O2. The second kappa shape index (κ2) is 7.79. The molecule has 0 aromatic heterocycles. The number of benzene rings is 2. The normalized spacial score (nSPS) is 17.6. The fourth-order valence-corrected chi connectivity index (χ4v) is 3.84. The van der Waals surface area contributed by atoms with Crippen molar-refractivity contribution in [1.29, 1.82) is 0 Å². The summed E-state index contributed by atoms with van der Waals surface area (Å²) in [5.74, 6) is 0.137. The molecule has 4 rings (SSSR count). The van der Waals surface area contributed by atoms with Crippen LogP contribution in [0.15, 0.2) is 64.3 Å². The van der Waals surface area contributed by atoms with E-state index in [2.05, 4.69) is 4.99 Å². The highest BCUT2D eigenvalue weighted by Crippen LogP contribution is 2.37. The molecule has 0 amide bonds. The predicted molar refractivity (Wildman–Crippen MR) is 112 cm³/mol. The van der Waals surface area contributed by atoms with E-state index in [0.29, 0.717) is 22.7 Å². The maximum Gasteiger partial charge on any atom is 0.305 e. The summed E-state index contributed by atoms with van der Waals surface area (Å²) in [6.07, 6.45) is 2.46. The first-order valence-electron chi connectivity index (χ1n) is 9.23. The molecule has 0 saturated heterocycles. The molecule has 2 aromatic rings. The summed E-state index contributed by atoms with van der Waals surface area (Å²) in [6, 6.07) is 11.7. The molecule has 0 radical (unpaired) electrons. The molecule has 0 spiro atoms. The van der Waals surface area contributed by atoms with Crippen LogP contribution in [-0.4, -0.2) is 30.7 Å². The molecule has 0 bridgehead atoms. The van der Waals surface area contributed by atoms with E-state index in [9.17, 15) is 9.18 Å². The number of esters is 1. The molecule has 2 aromatic carbocycles. The first kappa shape index (κ1) is 19.3. The summed E-state index contributed by atoms with van der Waals surface area (Å²) in [5.41, 5.74) is 3.28. The van der Waals surface area contributed by atoms with Gasteiger partial charge in [-0.15, -0.1) is 0 Å². The molecule has 0 aliphatic carbocycles. The van der Waals surface area contributed by atoms with Crippen molar-refractivity contribution in [3.8, 4) is 0 Å². The molecular weight excluding hydrogens is 393 g/mol. The van der Waals surface area contributed by atoms with Crippen molar-refractivity contribution in [3.05, 3.63) is 76.3 Å². The van der Waals surface area contributed by atoms with Gasteiger partial charge in [-0.2, -0.15) is 0 Å². The Morgan fingerprint density at radius 1 is 1.24 bits per heavy atom. The van der Waals surface area contributed by atoms with Gasteiger partial charge >= 0.3 is 5.97 Å². The summed E-state index contributed by atoms with van der Waals surface area (Å²) in [4.78, 5) is 22.9. The molecule has 2 heterocycles. The van der Waals surface area contributed by atoms with Crippen LogP contribution in [-0.2, 0) is 9.53 Å². The number of carbonyl (C=O) groups is 1. The largest absolute Gasteiger partial charge is 0.469 e. The highest BCUT2D eigenvalue weighted by molar-refractivity contribution is 6.32. The maximum atomic E-state index is 14.6. The summed E-state index contributed by atoms with van der Waals surface area (Å²) in [7, 11) is 1.37. The van der Waals surface area contributed by atoms with Crippen LogP contribution in [0.3, 0.4) is 0 Å². The van der Waals surface area contributed by atoms with Gasteiger partial charge in [0.05, 0.1) is 30.2 Å². The van der Waals surface area contributed by atoms with E-state index >= 15 is 0 Å². The van der Waals surface area contributed by atoms with E-state index in [1.54, 1.807) is 36.5 Å². The average Bonchev–Trinajstić information content (AvgIpc) is 2.92. The number of halogens is 2. The Morgan fingerprint density at radius 3 is 2.79 bits per heavy atom. The molecule has 0 N–H and O–H groups in total. The summed E-state index contributed by atoms with van der Waals surface area (Å²) >= 11 is 6.27. The molecule has 148 valence electrons. The highest BCUT2D eigenvalue weighted by atomic mass is 35.5. The third-order valence-electron chi connectivity index (χ3n) is 5.02. The molecule has 5 nitrogen and oxygen atoms in total. The van der Waals surface area contributed by atoms with Crippen LogP contribution in [0.1, 0.15) is 30.9 Å². The van der Waals surface area contributed by atoms with Crippen LogP contribution in [0.2, 0.25) is 5.02 Å². The number of fused-ring (bicyclic) bond motifs is 3. The van der Waals surface area contributed by atoms with Gasteiger partial charge in [0.2, 0.25) is 0 Å². The topological polar surface area (TPSA) is 54.3 Å². The zero-order valence-electron chi connectivity index (χ0n) is 16.0. The van der Waals surface area contributed by atoms with Crippen molar-refractivity contribution in [3.63, 3.8) is 0 Å². The molecule has 7 heteroatoms. The second-order valence-electron chi connectivity index (χ2n) is 6.82. The van der Waals surface area contributed by atoms with Crippen molar-refractivity contribution >= 4 is 34.8 Å². The quantitative estimate of drug-likeness (QED) is 0.683. The lowest BCUT2D eigenvalue weighted by Crippen LogP contribution is -2.26. The van der Waals surface area contributed by atoms with E-state index in [4.69, 9.17) is 21.3 Å². The fraction of sp³-hybridized carbons (Fsp3) is 0.227. The molecule has 0 fully saturated rings. The standard InChI is InChI=1S/C22H19ClFN3O2/c1-13-26-18(8-10-21(28)29-2)20-12-25-22(15-5-3-4-6-17(15)24)16-11-14(23)7-9-19(16)27(13)20/h3-7,9,11-12,18H,8,10H2,1-2H3/t18-/m1/s1. The highest BCUT2D eigenvalue weighted by Gasteiger charge is 2.34. The minimum absolute atomic E-state index is 0.235. The van der Waals surface area contributed by atoms with E-state index in [1.807, 2.05) is 17.9 Å². The van der Waals surface area contributed by atoms with Gasteiger partial charge in [0.15, 0.2) is 0 Å². The first-order valence-corrected chi connectivity index (χ1v) is 9.61. The van der Waals surface area contributed by atoms with Gasteiger partial charge in [-0.1, -0.05) is 23.7 Å². The predicted octanol–water partition coefficient (Wildman–Crippen LogP) is 4.73. The lowest BCUT2D eigenvalue weighted by atomic mass is 9.99. The molecule has 2 aliphatic heterocycles. The van der Waals surface area contributed by atoms with E-state index < -0.39 is 0 Å². The smallest absolute Gasteiger partial charge is 0.305 e. The number of rotatable bonds is 4. The van der Waals surface area contributed by atoms with Crippen LogP contribution in [0.25, 0.3) is 0 Å². The summed E-state index contributed by atoms with van der Waals surface area (Å²) in [5, 5.41) is 0.535. The van der Waals surface area contributed by atoms with Gasteiger partial charge in [-0.05, 0) is 43.7 Å². The van der Waals surface area contributed by atoms with Crippen molar-refractivity contribution in [1.82, 2.24) is 0 Å². The van der Waals surface area contributed by atoms with E-state index in [1.165, 1.54) is 13.2 Å². The number of aliphatic imine (C=N–C) groups is 2. The van der Waals surface area contributed by atoms with Gasteiger partial charge in [0.1, 0.15) is 11.7 Å². The molecule has 0 saturated carbocycles. The lowest BCUT2D eigenvalue weighted by molar-refractivity contribution is -0.140. The fourth-order valence-electron chi connectivity index (χ4n) is 3.67. The SMILES string of the molecule is COC(=O)CC[C@H]1N=C(C)N2C1=CN=C(c1ccccc1F)c1cc(Cl)ccc12. The number of ether oxygens (including phenoxy) is 1. The Hall–Kier alpha value is -2.99. The summed E-state index contributed by atoms with van der Waals surface area (Å²) < 4.78 is 19.3. The first-order chi connectivity index (χ1) is 14.0. The number of nitrogens with zero attached hydrogens (tertiary/aromatic N) is 3. The number of methoxy groups -OCH3 is 1. The van der Waals surface area contributed by atoms with Gasteiger partial charge < -0.3 is 4.74 Å². The molecule has 2 aliphatic rings. The van der Waals surface area contributed by atoms with Gasteiger partial charge in [-0.3, -0.25) is 19.7 Å². The van der Waals surface area contributed by atoms with Gasteiger partial charge in [-0.25, -0.2) is 4.39 Å². The van der Waals surface area contributed by atoms with Crippen molar-refractivity contribution in [2.24, 2.45) is 9.98 Å². The van der Waals surface area contributed by atoms with E-state index in [-0.39, 0.29) is 24.2 Å². The van der Waals surface area contributed by atoms with Crippen LogP contribution in [0.5, 0.6) is 0 Å². The monoisotopic (exact) mass is 411 g/mol. The molecule has 1 atom stereocenters. The Morgan fingerprint density at radius 2 is 2.03 bits per heavy atom. The Labute approximate surface area is 173 Å². The van der Waals surface area contributed by atoms with Gasteiger partial charge in [0, 0.05) is 28.8 Å². The van der Waals surface area contributed by atoms with Crippen molar-refractivity contribution in [2.75, 3.05) is 12.0 Å². The number of carbonyl (C=O) groups excluding carboxylic acids is 1. The minimum Gasteiger partial charge on any atom is -0.469 e. The van der Waals surface area contributed by atoms with Crippen molar-refractivity contribution in [2.45, 2.75) is 25.8 Å². The second-order valence-corrected chi connectivity index (χ2v) is 7.25. The molecule has 0 unspecified atom stereocenters.